The summed E-state index contributed by atoms with van der Waals surface area (Å²) in [5, 5.41) is 12.3. The number of rotatable bonds is 5. The molecule has 27 heavy (non-hydrogen) atoms. The number of amides is 1. The number of ether oxygens (including phenoxy) is 1. The molecule has 138 valence electrons. The zero-order chi connectivity index (χ0) is 18.5. The minimum atomic E-state index is -0.199. The van der Waals surface area contributed by atoms with Crippen LogP contribution in [0, 0.1) is 0 Å². The van der Waals surface area contributed by atoms with Crippen molar-refractivity contribution < 1.29 is 9.53 Å². The van der Waals surface area contributed by atoms with E-state index in [9.17, 15) is 4.79 Å². The van der Waals surface area contributed by atoms with Crippen molar-refractivity contribution in [3.8, 4) is 16.3 Å². The van der Waals surface area contributed by atoms with Crippen molar-refractivity contribution in [2.45, 2.75) is 38.2 Å². The molecule has 6 heteroatoms. The fourth-order valence-corrected chi connectivity index (χ4v) is 3.94. The number of aromatic nitrogens is 2. The second kappa shape index (κ2) is 8.31. The van der Waals surface area contributed by atoms with Crippen molar-refractivity contribution in [3.05, 3.63) is 60.2 Å². The summed E-state index contributed by atoms with van der Waals surface area (Å²) in [5.74, 6) is 0.621. The quantitative estimate of drug-likeness (QED) is 0.664. The molecule has 0 spiro atoms. The normalized spacial score (nSPS) is 14.7. The Morgan fingerprint density at radius 2 is 1.70 bits per heavy atom. The summed E-state index contributed by atoms with van der Waals surface area (Å²) in [6.07, 6.45) is 6.30. The zero-order valence-corrected chi connectivity index (χ0v) is 15.7. The topological polar surface area (TPSA) is 64.1 Å². The first-order valence-electron chi connectivity index (χ1n) is 9.25. The molecular formula is C21H21N3O2S. The second-order valence-electron chi connectivity index (χ2n) is 6.63. The fraction of sp³-hybridized carbons (Fsp3) is 0.286. The van der Waals surface area contributed by atoms with E-state index < -0.39 is 0 Å². The van der Waals surface area contributed by atoms with E-state index >= 15 is 0 Å². The standard InChI is InChI=1S/C21H21N3O2S/c25-19(22-21-24-23-20(27-21)16-7-3-1-4-8-16)15-11-13-18(14-12-15)26-17-9-5-2-6-10-17/h1,3-4,7-8,11-14,17H,2,5-6,9-10H2,(H,22,24,25). The molecule has 4 rings (SSSR count). The van der Waals surface area contributed by atoms with E-state index in [1.165, 1.54) is 30.6 Å². The van der Waals surface area contributed by atoms with Gasteiger partial charge >= 0.3 is 0 Å². The predicted octanol–water partition coefficient (Wildman–Crippen LogP) is 5.17. The van der Waals surface area contributed by atoms with Crippen LogP contribution in [0.15, 0.2) is 54.6 Å². The Morgan fingerprint density at radius 1 is 0.963 bits per heavy atom. The highest BCUT2D eigenvalue weighted by atomic mass is 32.1. The van der Waals surface area contributed by atoms with E-state index in [0.717, 1.165) is 29.2 Å². The van der Waals surface area contributed by atoms with Gasteiger partial charge in [0.2, 0.25) is 5.13 Å². The minimum absolute atomic E-state index is 0.199. The SMILES string of the molecule is O=C(Nc1nnc(-c2ccccc2)s1)c1ccc(OC2CCCCC2)cc1. The van der Waals surface area contributed by atoms with Crippen LogP contribution in [0.4, 0.5) is 5.13 Å². The van der Waals surface area contributed by atoms with Crippen LogP contribution < -0.4 is 10.1 Å². The molecule has 1 amide bonds. The molecule has 2 aromatic carbocycles. The summed E-state index contributed by atoms with van der Waals surface area (Å²) in [6.45, 7) is 0. The third-order valence-corrected chi connectivity index (χ3v) is 5.53. The molecule has 1 saturated carbocycles. The first kappa shape index (κ1) is 17.7. The number of nitrogens with zero attached hydrogens (tertiary/aromatic N) is 2. The van der Waals surface area contributed by atoms with Crippen LogP contribution >= 0.6 is 11.3 Å². The molecule has 0 radical (unpaired) electrons. The third-order valence-electron chi connectivity index (χ3n) is 4.64. The van der Waals surface area contributed by atoms with E-state index in [1.54, 1.807) is 12.1 Å². The first-order valence-corrected chi connectivity index (χ1v) is 10.1. The monoisotopic (exact) mass is 379 g/mol. The number of hydrogen-bond donors (Lipinski definition) is 1. The lowest BCUT2D eigenvalue weighted by atomic mass is 9.98. The molecule has 1 aliphatic rings. The van der Waals surface area contributed by atoms with E-state index in [-0.39, 0.29) is 5.91 Å². The van der Waals surface area contributed by atoms with Gasteiger partial charge in [-0.2, -0.15) is 0 Å². The molecule has 1 aromatic heterocycles. The number of carbonyl (C=O) groups excluding carboxylic acids is 1. The van der Waals surface area contributed by atoms with Gasteiger partial charge in [-0.15, -0.1) is 10.2 Å². The fourth-order valence-electron chi connectivity index (χ4n) is 3.20. The summed E-state index contributed by atoms with van der Waals surface area (Å²) in [4.78, 5) is 12.4. The van der Waals surface area contributed by atoms with Crippen molar-refractivity contribution >= 4 is 22.4 Å². The molecule has 0 saturated heterocycles. The van der Waals surface area contributed by atoms with Gasteiger partial charge in [0.1, 0.15) is 10.8 Å². The van der Waals surface area contributed by atoms with E-state index in [1.807, 2.05) is 42.5 Å². The lowest BCUT2D eigenvalue weighted by Crippen LogP contribution is -2.19. The van der Waals surface area contributed by atoms with Gasteiger partial charge in [0.25, 0.3) is 5.91 Å². The highest BCUT2D eigenvalue weighted by Crippen LogP contribution is 2.27. The van der Waals surface area contributed by atoms with Gasteiger partial charge in [0.05, 0.1) is 6.10 Å². The highest BCUT2D eigenvalue weighted by Gasteiger charge is 2.15. The maximum atomic E-state index is 12.4. The number of nitrogens with one attached hydrogen (secondary N) is 1. The number of hydrogen-bond acceptors (Lipinski definition) is 5. The Hall–Kier alpha value is -2.73. The lowest BCUT2D eigenvalue weighted by molar-refractivity contribution is 0.102. The van der Waals surface area contributed by atoms with Crippen LogP contribution in [0.3, 0.4) is 0 Å². The summed E-state index contributed by atoms with van der Waals surface area (Å²) >= 11 is 1.36. The van der Waals surface area contributed by atoms with Crippen LogP contribution in [-0.4, -0.2) is 22.2 Å². The molecular weight excluding hydrogens is 358 g/mol. The van der Waals surface area contributed by atoms with Crippen LogP contribution in [0.5, 0.6) is 5.75 Å². The van der Waals surface area contributed by atoms with E-state index in [2.05, 4.69) is 15.5 Å². The average molecular weight is 379 g/mol. The number of benzene rings is 2. The molecule has 1 heterocycles. The summed E-state index contributed by atoms with van der Waals surface area (Å²) < 4.78 is 6.01. The Balaban J connectivity index is 1.37. The van der Waals surface area contributed by atoms with Gasteiger partial charge < -0.3 is 4.74 Å². The Kier molecular flexibility index (Phi) is 5.44. The molecule has 3 aromatic rings. The molecule has 0 unspecified atom stereocenters. The molecule has 1 N–H and O–H groups in total. The second-order valence-corrected chi connectivity index (χ2v) is 7.61. The Morgan fingerprint density at radius 3 is 2.44 bits per heavy atom. The van der Waals surface area contributed by atoms with Crippen LogP contribution in [0.2, 0.25) is 0 Å². The minimum Gasteiger partial charge on any atom is -0.490 e. The van der Waals surface area contributed by atoms with Crippen molar-refractivity contribution in [1.82, 2.24) is 10.2 Å². The maximum absolute atomic E-state index is 12.4. The average Bonchev–Trinajstić information content (AvgIpc) is 3.18. The molecule has 0 aliphatic heterocycles. The van der Waals surface area contributed by atoms with Crippen LogP contribution in [-0.2, 0) is 0 Å². The molecule has 0 atom stereocenters. The highest BCUT2D eigenvalue weighted by molar-refractivity contribution is 7.18. The summed E-state index contributed by atoms with van der Waals surface area (Å²) in [7, 11) is 0. The molecule has 1 aliphatic carbocycles. The maximum Gasteiger partial charge on any atom is 0.257 e. The summed E-state index contributed by atoms with van der Waals surface area (Å²) in [5.41, 5.74) is 1.56. The Bertz CT molecular complexity index is 887. The van der Waals surface area contributed by atoms with Crippen LogP contribution in [0.1, 0.15) is 42.5 Å². The zero-order valence-electron chi connectivity index (χ0n) is 14.9. The van der Waals surface area contributed by atoms with Gasteiger partial charge in [-0.3, -0.25) is 10.1 Å². The molecule has 1 fully saturated rings. The van der Waals surface area contributed by atoms with Crippen LogP contribution in [0.25, 0.3) is 10.6 Å². The van der Waals surface area contributed by atoms with E-state index in [4.69, 9.17) is 4.74 Å². The van der Waals surface area contributed by atoms with Crippen molar-refractivity contribution in [3.63, 3.8) is 0 Å². The molecule has 0 bridgehead atoms. The van der Waals surface area contributed by atoms with Crippen molar-refractivity contribution in [1.29, 1.82) is 0 Å². The van der Waals surface area contributed by atoms with Gasteiger partial charge in [-0.25, -0.2) is 0 Å². The number of anilines is 1. The van der Waals surface area contributed by atoms with Gasteiger partial charge in [0.15, 0.2) is 0 Å². The lowest BCUT2D eigenvalue weighted by Gasteiger charge is -2.23. The largest absolute Gasteiger partial charge is 0.490 e. The third kappa shape index (κ3) is 4.52. The van der Waals surface area contributed by atoms with Gasteiger partial charge in [0, 0.05) is 11.1 Å². The van der Waals surface area contributed by atoms with Crippen molar-refractivity contribution in [2.75, 3.05) is 5.32 Å². The van der Waals surface area contributed by atoms with Gasteiger partial charge in [-0.1, -0.05) is 48.1 Å². The van der Waals surface area contributed by atoms with Gasteiger partial charge in [-0.05, 0) is 49.9 Å². The summed E-state index contributed by atoms with van der Waals surface area (Å²) in [6, 6.07) is 17.1. The van der Waals surface area contributed by atoms with Crippen molar-refractivity contribution in [2.24, 2.45) is 0 Å². The van der Waals surface area contributed by atoms with E-state index in [0.29, 0.717) is 16.8 Å². The first-order chi connectivity index (χ1) is 13.3. The predicted molar refractivity (Wildman–Crippen MR) is 107 cm³/mol. The molecule has 5 nitrogen and oxygen atoms in total. The smallest absolute Gasteiger partial charge is 0.257 e. The number of carbonyl (C=O) groups is 1. The Labute approximate surface area is 162 Å².